The molecular weight excluding hydrogens is 254 g/mol. The van der Waals surface area contributed by atoms with Crippen molar-refractivity contribution in [1.29, 1.82) is 0 Å². The zero-order valence-electron chi connectivity index (χ0n) is 11.3. The van der Waals surface area contributed by atoms with Crippen molar-refractivity contribution >= 4 is 11.6 Å². The van der Waals surface area contributed by atoms with E-state index < -0.39 is 0 Å². The molecule has 0 aliphatic carbocycles. The average molecular weight is 271 g/mol. The average Bonchev–Trinajstić information content (AvgIpc) is 2.48. The summed E-state index contributed by atoms with van der Waals surface area (Å²) >= 11 is 0. The minimum absolute atomic E-state index is 0.201. The molecule has 0 saturated carbocycles. The molecule has 0 unspecified atom stereocenters. The number of amides is 1. The lowest BCUT2D eigenvalue weighted by Gasteiger charge is -2.06. The lowest BCUT2D eigenvalue weighted by molar-refractivity contribution is 0.0949. The monoisotopic (exact) mass is 271 g/mol. The highest BCUT2D eigenvalue weighted by Crippen LogP contribution is 2.12. The minimum Gasteiger partial charge on any atom is -0.497 e. The van der Waals surface area contributed by atoms with Gasteiger partial charge >= 0.3 is 0 Å². The van der Waals surface area contributed by atoms with E-state index >= 15 is 0 Å². The van der Waals surface area contributed by atoms with Crippen LogP contribution in [0.5, 0.6) is 5.75 Å². The van der Waals surface area contributed by atoms with Crippen LogP contribution in [0.15, 0.2) is 42.6 Å². The van der Waals surface area contributed by atoms with Crippen LogP contribution < -0.4 is 15.8 Å². The van der Waals surface area contributed by atoms with Crippen molar-refractivity contribution in [3.8, 4) is 5.75 Å². The van der Waals surface area contributed by atoms with E-state index in [0.717, 1.165) is 17.7 Å². The normalized spacial score (nSPS) is 10.1. The van der Waals surface area contributed by atoms with Crippen LogP contribution in [0.4, 0.5) is 5.69 Å². The molecule has 1 aromatic heterocycles. The summed E-state index contributed by atoms with van der Waals surface area (Å²) in [7, 11) is 1.63. The number of nitrogens with zero attached hydrogens (tertiary/aromatic N) is 1. The zero-order valence-corrected chi connectivity index (χ0v) is 11.3. The molecule has 0 radical (unpaired) electrons. The van der Waals surface area contributed by atoms with Gasteiger partial charge in [0, 0.05) is 6.54 Å². The maximum atomic E-state index is 11.8. The van der Waals surface area contributed by atoms with E-state index in [1.807, 2.05) is 24.3 Å². The third kappa shape index (κ3) is 3.71. The number of rotatable bonds is 5. The van der Waals surface area contributed by atoms with Crippen molar-refractivity contribution in [1.82, 2.24) is 10.3 Å². The van der Waals surface area contributed by atoms with Crippen molar-refractivity contribution < 1.29 is 9.53 Å². The fourth-order valence-corrected chi connectivity index (χ4v) is 1.78. The second-order valence-corrected chi connectivity index (χ2v) is 4.33. The highest BCUT2D eigenvalue weighted by atomic mass is 16.5. The number of aromatic nitrogens is 1. The highest BCUT2D eigenvalue weighted by molar-refractivity contribution is 5.92. The summed E-state index contributed by atoms with van der Waals surface area (Å²) in [6.45, 7) is 0.540. The van der Waals surface area contributed by atoms with E-state index in [0.29, 0.717) is 17.9 Å². The van der Waals surface area contributed by atoms with Crippen molar-refractivity contribution in [2.24, 2.45) is 0 Å². The second kappa shape index (κ2) is 6.56. The smallest absolute Gasteiger partial charge is 0.269 e. The number of carbonyl (C=O) groups is 1. The number of nitrogens with two attached hydrogens (primary N) is 1. The third-order valence-corrected chi connectivity index (χ3v) is 2.85. The van der Waals surface area contributed by atoms with Gasteiger partial charge in [-0.25, -0.2) is 4.98 Å². The Bertz CT molecular complexity index is 582. The van der Waals surface area contributed by atoms with Gasteiger partial charge in [0.1, 0.15) is 11.4 Å². The molecular formula is C15H17N3O2. The van der Waals surface area contributed by atoms with E-state index in [4.69, 9.17) is 10.5 Å². The Morgan fingerprint density at radius 1 is 1.35 bits per heavy atom. The topological polar surface area (TPSA) is 77.2 Å². The van der Waals surface area contributed by atoms with Crippen LogP contribution in [-0.2, 0) is 6.42 Å². The summed E-state index contributed by atoms with van der Waals surface area (Å²) in [4.78, 5) is 15.8. The largest absolute Gasteiger partial charge is 0.497 e. The first kappa shape index (κ1) is 13.9. The van der Waals surface area contributed by atoms with E-state index in [1.165, 1.54) is 6.20 Å². The molecule has 3 N–H and O–H groups in total. The van der Waals surface area contributed by atoms with Gasteiger partial charge in [0.2, 0.25) is 0 Å². The Balaban J connectivity index is 1.86. The molecule has 0 saturated heterocycles. The molecule has 1 aromatic carbocycles. The fourth-order valence-electron chi connectivity index (χ4n) is 1.78. The van der Waals surface area contributed by atoms with Gasteiger partial charge < -0.3 is 15.8 Å². The molecule has 0 bridgehead atoms. The van der Waals surface area contributed by atoms with E-state index in [1.54, 1.807) is 19.2 Å². The summed E-state index contributed by atoms with van der Waals surface area (Å²) in [5.41, 5.74) is 7.54. The maximum absolute atomic E-state index is 11.8. The molecule has 20 heavy (non-hydrogen) atoms. The standard InChI is InChI=1S/C15H17N3O2/c1-20-13-4-2-3-11(9-13)7-8-17-15(19)14-6-5-12(16)10-18-14/h2-6,9-10H,7-8,16H2,1H3,(H,17,19). The van der Waals surface area contributed by atoms with Crippen LogP contribution in [0.1, 0.15) is 16.1 Å². The number of benzene rings is 1. The third-order valence-electron chi connectivity index (χ3n) is 2.85. The number of hydrogen-bond acceptors (Lipinski definition) is 4. The van der Waals surface area contributed by atoms with Crippen LogP contribution in [0, 0.1) is 0 Å². The van der Waals surface area contributed by atoms with E-state index in [9.17, 15) is 4.79 Å². The number of hydrogen-bond donors (Lipinski definition) is 2. The summed E-state index contributed by atoms with van der Waals surface area (Å²) < 4.78 is 5.15. The molecule has 1 heterocycles. The van der Waals surface area contributed by atoms with Crippen LogP contribution in [-0.4, -0.2) is 24.5 Å². The molecule has 0 fully saturated rings. The van der Waals surface area contributed by atoms with Crippen molar-refractivity contribution in [2.45, 2.75) is 6.42 Å². The molecule has 2 aromatic rings. The molecule has 0 aliphatic rings. The molecule has 0 aliphatic heterocycles. The zero-order chi connectivity index (χ0) is 14.4. The van der Waals surface area contributed by atoms with Gasteiger partial charge in [-0.05, 0) is 36.2 Å². The van der Waals surface area contributed by atoms with Gasteiger partial charge in [0.05, 0.1) is 19.0 Å². The summed E-state index contributed by atoms with van der Waals surface area (Å²) in [6.07, 6.45) is 2.20. The Labute approximate surface area is 117 Å². The lowest BCUT2D eigenvalue weighted by atomic mass is 10.1. The van der Waals surface area contributed by atoms with E-state index in [2.05, 4.69) is 10.3 Å². The molecule has 5 nitrogen and oxygen atoms in total. The molecule has 0 atom stereocenters. The van der Waals surface area contributed by atoms with Crippen LogP contribution in [0.3, 0.4) is 0 Å². The van der Waals surface area contributed by atoms with Crippen molar-refractivity contribution in [3.05, 3.63) is 53.9 Å². The molecule has 2 rings (SSSR count). The lowest BCUT2D eigenvalue weighted by Crippen LogP contribution is -2.26. The Kier molecular flexibility index (Phi) is 4.55. The number of pyridine rings is 1. The summed E-state index contributed by atoms with van der Waals surface area (Å²) in [5.74, 6) is 0.613. The van der Waals surface area contributed by atoms with Crippen LogP contribution in [0.25, 0.3) is 0 Å². The number of methoxy groups -OCH3 is 1. The minimum atomic E-state index is -0.201. The Morgan fingerprint density at radius 2 is 2.20 bits per heavy atom. The number of carbonyl (C=O) groups excluding carboxylic acids is 1. The van der Waals surface area contributed by atoms with Crippen molar-refractivity contribution in [2.75, 3.05) is 19.4 Å². The SMILES string of the molecule is COc1cccc(CCNC(=O)c2ccc(N)cn2)c1. The van der Waals surface area contributed by atoms with Crippen molar-refractivity contribution in [3.63, 3.8) is 0 Å². The number of anilines is 1. The van der Waals surface area contributed by atoms with Gasteiger partial charge in [-0.15, -0.1) is 0 Å². The second-order valence-electron chi connectivity index (χ2n) is 4.33. The van der Waals surface area contributed by atoms with E-state index in [-0.39, 0.29) is 5.91 Å². The number of nitrogen functional groups attached to an aromatic ring is 1. The Hall–Kier alpha value is -2.56. The molecule has 1 amide bonds. The van der Waals surface area contributed by atoms with Gasteiger partial charge in [-0.1, -0.05) is 12.1 Å². The molecule has 104 valence electrons. The highest BCUT2D eigenvalue weighted by Gasteiger charge is 2.06. The van der Waals surface area contributed by atoms with Gasteiger partial charge in [-0.2, -0.15) is 0 Å². The number of ether oxygens (including phenoxy) is 1. The fraction of sp³-hybridized carbons (Fsp3) is 0.200. The van der Waals surface area contributed by atoms with Crippen LogP contribution >= 0.6 is 0 Å². The molecule has 0 spiro atoms. The first-order valence-electron chi connectivity index (χ1n) is 6.31. The predicted octanol–water partition coefficient (Wildman–Crippen LogP) is 1.64. The summed E-state index contributed by atoms with van der Waals surface area (Å²) in [5, 5.41) is 2.82. The van der Waals surface area contributed by atoms with Gasteiger partial charge in [0.25, 0.3) is 5.91 Å². The molecule has 5 heteroatoms. The van der Waals surface area contributed by atoms with Gasteiger partial charge in [0.15, 0.2) is 0 Å². The summed E-state index contributed by atoms with van der Waals surface area (Å²) in [6, 6.07) is 11.0. The number of nitrogens with one attached hydrogen (secondary N) is 1. The quantitative estimate of drug-likeness (QED) is 0.866. The predicted molar refractivity (Wildman–Crippen MR) is 77.7 cm³/mol. The first-order chi connectivity index (χ1) is 9.69. The van der Waals surface area contributed by atoms with Gasteiger partial charge in [-0.3, -0.25) is 4.79 Å². The maximum Gasteiger partial charge on any atom is 0.269 e. The first-order valence-corrected chi connectivity index (χ1v) is 6.31. The van der Waals surface area contributed by atoms with Crippen LogP contribution in [0.2, 0.25) is 0 Å². The Morgan fingerprint density at radius 3 is 2.90 bits per heavy atom.